The normalized spacial score (nSPS) is 18.4. The topological polar surface area (TPSA) is 181 Å². The summed E-state index contributed by atoms with van der Waals surface area (Å²) in [5, 5.41) is 46.6. The van der Waals surface area contributed by atoms with Gasteiger partial charge < -0.3 is 25.7 Å². The molecule has 0 amide bonds. The first-order valence-electron chi connectivity index (χ1n) is 12.9. The molecule has 2 saturated carbocycles. The van der Waals surface area contributed by atoms with E-state index in [9.17, 15) is 38.8 Å². The van der Waals surface area contributed by atoms with Crippen molar-refractivity contribution in [3.05, 3.63) is 41.1 Å². The molecule has 0 spiro atoms. The summed E-state index contributed by atoms with van der Waals surface area (Å²) in [5.74, 6) is -4.13. The number of fused-ring (bicyclic) bond motifs is 2. The molecule has 0 bridgehead atoms. The Balaban J connectivity index is 0.00000158. The number of rotatable bonds is 6. The third kappa shape index (κ3) is 4.39. The van der Waals surface area contributed by atoms with Crippen molar-refractivity contribution in [3.63, 3.8) is 0 Å². The van der Waals surface area contributed by atoms with Crippen LogP contribution in [0.4, 0.5) is 20.4 Å². The van der Waals surface area contributed by atoms with Crippen molar-refractivity contribution in [2.24, 2.45) is 0 Å². The second kappa shape index (κ2) is 9.60. The third-order valence-corrected chi connectivity index (χ3v) is 7.33. The first-order chi connectivity index (χ1) is 18.9. The average Bonchev–Trinajstić information content (AvgIpc) is 3.60. The summed E-state index contributed by atoms with van der Waals surface area (Å²) in [6, 6.07) is 4.45. The summed E-state index contributed by atoms with van der Waals surface area (Å²) >= 11 is 0. The molecule has 13 nitrogen and oxygen atoms in total. The fraction of sp³-hybridized carbons (Fsp3) is 0.480. The predicted octanol–water partition coefficient (Wildman–Crippen LogP) is 2.58. The molecule has 6 rings (SSSR count). The van der Waals surface area contributed by atoms with Crippen molar-refractivity contribution in [2.45, 2.75) is 76.0 Å². The van der Waals surface area contributed by atoms with Gasteiger partial charge in [0.1, 0.15) is 11.6 Å². The van der Waals surface area contributed by atoms with Crippen LogP contribution in [-0.2, 0) is 16.4 Å². The Kier molecular flexibility index (Phi) is 6.63. The molecule has 40 heavy (non-hydrogen) atoms. The number of nitrogens with zero attached hydrogens (tertiary/aromatic N) is 6. The van der Waals surface area contributed by atoms with Crippen LogP contribution in [0.25, 0.3) is 22.1 Å². The SMILES string of the molecule is CC.O=C(O)C1(n2ncc3ccc(Nc4cc5c(cn4)n(C(O)(O)O)c(=O)n5C4CCCC4)nc32)CC(F)(F)C1. The minimum absolute atomic E-state index is 0.00394. The largest absolute Gasteiger partial charge is 0.479 e. The Morgan fingerprint density at radius 2 is 1.75 bits per heavy atom. The van der Waals surface area contributed by atoms with Gasteiger partial charge in [0.15, 0.2) is 11.2 Å². The number of hydrogen-bond acceptors (Lipinski definition) is 9. The van der Waals surface area contributed by atoms with E-state index >= 15 is 0 Å². The molecule has 2 aliphatic carbocycles. The molecule has 2 aliphatic rings. The molecular formula is C25H29F2N7O6. The zero-order valence-electron chi connectivity index (χ0n) is 21.8. The highest BCUT2D eigenvalue weighted by molar-refractivity contribution is 5.84. The average molecular weight is 562 g/mol. The number of nitrogens with one attached hydrogen (secondary N) is 1. The number of carboxylic acids is 1. The van der Waals surface area contributed by atoms with Gasteiger partial charge in [-0.1, -0.05) is 26.7 Å². The number of aromatic nitrogens is 6. The standard InChI is InChI=1S/C23H23F2N7O6.C2H6/c24-22(25)10-21(11-22,19(33)34)32-18-12(8-27-32)5-6-16(29-18)28-17-7-14-15(9-26-17)31(23(36,37)38)20(35)30(14)13-3-1-2-4-13;1-2/h5-9,13,36-38H,1-4,10-11H2,(H,33,34)(H,26,28,29);1-2H3. The molecular weight excluding hydrogens is 532 g/mol. The molecule has 2 fully saturated rings. The molecule has 0 saturated heterocycles. The molecule has 5 N–H and O–H groups in total. The third-order valence-electron chi connectivity index (χ3n) is 7.33. The Morgan fingerprint density at radius 1 is 1.07 bits per heavy atom. The zero-order chi connectivity index (χ0) is 29.0. The van der Waals surface area contributed by atoms with Gasteiger partial charge in [-0.2, -0.15) is 5.10 Å². The number of imidazole rings is 1. The second-order valence-corrected chi connectivity index (χ2v) is 9.92. The lowest BCUT2D eigenvalue weighted by Gasteiger charge is -2.43. The summed E-state index contributed by atoms with van der Waals surface area (Å²) in [7, 11) is 0. The summed E-state index contributed by atoms with van der Waals surface area (Å²) in [5.41, 5.74) is -2.34. The quantitative estimate of drug-likeness (QED) is 0.220. The van der Waals surface area contributed by atoms with E-state index in [1.807, 2.05) is 13.8 Å². The lowest BCUT2D eigenvalue weighted by Crippen LogP contribution is -2.58. The fourth-order valence-corrected chi connectivity index (χ4v) is 5.60. The van der Waals surface area contributed by atoms with Crippen molar-refractivity contribution in [1.82, 2.24) is 28.9 Å². The minimum Gasteiger partial charge on any atom is -0.479 e. The van der Waals surface area contributed by atoms with E-state index in [1.165, 1.54) is 23.0 Å². The first-order valence-corrected chi connectivity index (χ1v) is 12.9. The molecule has 0 aliphatic heterocycles. The van der Waals surface area contributed by atoms with Gasteiger partial charge in [0, 0.05) is 30.3 Å². The lowest BCUT2D eigenvalue weighted by atomic mass is 9.73. The zero-order valence-corrected chi connectivity index (χ0v) is 21.8. The van der Waals surface area contributed by atoms with Gasteiger partial charge in [-0.15, -0.1) is 0 Å². The second-order valence-electron chi connectivity index (χ2n) is 9.92. The Labute approximate surface area is 225 Å². The van der Waals surface area contributed by atoms with E-state index in [0.717, 1.165) is 17.5 Å². The molecule has 4 heterocycles. The van der Waals surface area contributed by atoms with Gasteiger partial charge >= 0.3 is 17.8 Å². The minimum atomic E-state index is -3.43. The van der Waals surface area contributed by atoms with Crippen molar-refractivity contribution in [2.75, 3.05) is 5.32 Å². The van der Waals surface area contributed by atoms with E-state index in [4.69, 9.17) is 0 Å². The van der Waals surface area contributed by atoms with Crippen LogP contribution in [0.2, 0.25) is 0 Å². The maximum absolute atomic E-state index is 13.7. The summed E-state index contributed by atoms with van der Waals surface area (Å²) in [6.07, 6.45) is 0.500. The highest BCUT2D eigenvalue weighted by atomic mass is 19.3. The Bertz CT molecular complexity index is 1640. The van der Waals surface area contributed by atoms with Crippen LogP contribution in [0.15, 0.2) is 35.4 Å². The Morgan fingerprint density at radius 3 is 2.35 bits per heavy atom. The number of halogens is 2. The highest BCUT2D eigenvalue weighted by Gasteiger charge is 2.64. The molecule has 214 valence electrons. The molecule has 0 unspecified atom stereocenters. The molecule has 15 heteroatoms. The maximum atomic E-state index is 13.7. The Hall–Kier alpha value is -3.95. The van der Waals surface area contributed by atoms with E-state index < -0.39 is 42.1 Å². The summed E-state index contributed by atoms with van der Waals surface area (Å²) in [4.78, 5) is 33.6. The van der Waals surface area contributed by atoms with Crippen molar-refractivity contribution in [1.29, 1.82) is 0 Å². The van der Waals surface area contributed by atoms with Crippen molar-refractivity contribution < 1.29 is 34.0 Å². The van der Waals surface area contributed by atoms with E-state index in [1.54, 1.807) is 12.1 Å². The molecule has 0 atom stereocenters. The first kappa shape index (κ1) is 27.6. The predicted molar refractivity (Wildman–Crippen MR) is 138 cm³/mol. The van der Waals surface area contributed by atoms with E-state index in [0.29, 0.717) is 28.3 Å². The van der Waals surface area contributed by atoms with Gasteiger partial charge in [0.2, 0.25) is 0 Å². The maximum Gasteiger partial charge on any atom is 0.377 e. The number of anilines is 2. The number of carboxylic acid groups (broad SMARTS) is 1. The summed E-state index contributed by atoms with van der Waals surface area (Å²) < 4.78 is 30.3. The van der Waals surface area contributed by atoms with Crippen molar-refractivity contribution in [3.8, 4) is 0 Å². The van der Waals surface area contributed by atoms with Gasteiger partial charge in [-0.3, -0.25) is 4.57 Å². The number of pyridine rings is 2. The number of carbonyl (C=O) groups is 1. The highest BCUT2D eigenvalue weighted by Crippen LogP contribution is 2.51. The van der Waals surface area contributed by atoms with Crippen LogP contribution in [0.1, 0.15) is 58.4 Å². The molecule has 4 aromatic rings. The molecule has 0 aromatic carbocycles. The van der Waals surface area contributed by atoms with Gasteiger partial charge in [-0.25, -0.2) is 37.6 Å². The summed E-state index contributed by atoms with van der Waals surface area (Å²) in [6.45, 7) is 4.00. The monoisotopic (exact) mass is 561 g/mol. The number of hydrogen-bond donors (Lipinski definition) is 5. The lowest BCUT2D eigenvalue weighted by molar-refractivity contribution is -0.374. The van der Waals surface area contributed by atoms with Gasteiger partial charge in [0.05, 0.1) is 23.4 Å². The fourth-order valence-electron chi connectivity index (χ4n) is 5.60. The van der Waals surface area contributed by atoms with Crippen LogP contribution in [-0.4, -0.2) is 61.2 Å². The number of aliphatic carboxylic acids is 1. The smallest absolute Gasteiger partial charge is 0.377 e. The van der Waals surface area contributed by atoms with Crippen LogP contribution >= 0.6 is 0 Å². The molecule has 0 radical (unpaired) electrons. The van der Waals surface area contributed by atoms with Crippen LogP contribution < -0.4 is 11.0 Å². The van der Waals surface area contributed by atoms with Crippen LogP contribution in [0.5, 0.6) is 0 Å². The van der Waals surface area contributed by atoms with E-state index in [-0.39, 0.29) is 28.8 Å². The van der Waals surface area contributed by atoms with Gasteiger partial charge in [0.25, 0.3) is 5.92 Å². The van der Waals surface area contributed by atoms with Crippen LogP contribution in [0.3, 0.4) is 0 Å². The van der Waals surface area contributed by atoms with Gasteiger partial charge in [-0.05, 0) is 25.0 Å². The molecule has 4 aromatic heterocycles. The van der Waals surface area contributed by atoms with Crippen molar-refractivity contribution >= 4 is 39.7 Å². The van der Waals surface area contributed by atoms with Crippen LogP contribution in [0, 0.1) is 0 Å². The number of aliphatic hydroxyl groups is 3. The van der Waals surface area contributed by atoms with E-state index in [2.05, 4.69) is 20.4 Å². The number of alkyl halides is 2.